The number of ether oxygens (including phenoxy) is 1. The standard InChI is InChI=1S/C18H18O2/c1-10-5-12(3)14-7-11(2)8-15-16(9-20-18(15)19)17(14)13(4)6-10/h5-8H,9H2,1-4H3. The maximum Gasteiger partial charge on any atom is 0.338 e. The second-order valence-electron chi connectivity index (χ2n) is 5.69. The van der Waals surface area contributed by atoms with Crippen LogP contribution in [0.15, 0.2) is 68.9 Å². The van der Waals surface area contributed by atoms with Gasteiger partial charge in [-0.2, -0.15) is 0 Å². The summed E-state index contributed by atoms with van der Waals surface area (Å²) in [6.45, 7) is 8.74. The lowest BCUT2D eigenvalue weighted by Crippen LogP contribution is -1.99. The number of fused-ring (bicyclic) bond motifs is 2. The van der Waals surface area contributed by atoms with E-state index in [0.29, 0.717) is 12.2 Å². The Hall–Kier alpha value is -2.09. The first kappa shape index (κ1) is 12.9. The van der Waals surface area contributed by atoms with Gasteiger partial charge < -0.3 is 4.74 Å². The zero-order chi connectivity index (χ0) is 14.4. The summed E-state index contributed by atoms with van der Waals surface area (Å²) in [5.74, 6) is -0.208. The van der Waals surface area contributed by atoms with Crippen LogP contribution in [-0.2, 0) is 9.53 Å². The minimum Gasteiger partial charge on any atom is -0.457 e. The fourth-order valence-electron chi connectivity index (χ4n) is 3.14. The molecule has 0 aromatic carbocycles. The Labute approximate surface area is 119 Å². The summed E-state index contributed by atoms with van der Waals surface area (Å²) in [4.78, 5) is 11.9. The number of cyclic esters (lactones) is 1. The number of esters is 1. The SMILES string of the molecule is CC1=CC(C)=C2C=C(C)C=C3C(=O)OCC3=C2C(C)=C1. The fourth-order valence-corrected chi connectivity index (χ4v) is 3.14. The van der Waals surface area contributed by atoms with Gasteiger partial charge in [0, 0.05) is 5.57 Å². The second kappa shape index (κ2) is 4.48. The van der Waals surface area contributed by atoms with Crippen molar-refractivity contribution in [1.82, 2.24) is 0 Å². The van der Waals surface area contributed by atoms with E-state index in [-0.39, 0.29) is 5.97 Å². The Morgan fingerprint density at radius 2 is 1.65 bits per heavy atom. The van der Waals surface area contributed by atoms with Gasteiger partial charge in [-0.15, -0.1) is 0 Å². The molecule has 1 saturated heterocycles. The highest BCUT2D eigenvalue weighted by Gasteiger charge is 2.31. The fraction of sp³-hybridized carbons (Fsp3) is 0.278. The highest BCUT2D eigenvalue weighted by molar-refractivity contribution is 5.98. The van der Waals surface area contributed by atoms with Crippen molar-refractivity contribution >= 4 is 5.97 Å². The van der Waals surface area contributed by atoms with Gasteiger partial charge in [-0.1, -0.05) is 23.8 Å². The first-order valence-corrected chi connectivity index (χ1v) is 6.86. The van der Waals surface area contributed by atoms with Gasteiger partial charge in [0.05, 0.1) is 5.57 Å². The molecule has 0 aromatic heterocycles. The predicted octanol–water partition coefficient (Wildman–Crippen LogP) is 3.95. The van der Waals surface area contributed by atoms with Crippen molar-refractivity contribution in [3.05, 3.63) is 68.9 Å². The molecule has 2 heteroatoms. The summed E-state index contributed by atoms with van der Waals surface area (Å²) in [7, 11) is 0. The zero-order valence-electron chi connectivity index (χ0n) is 12.3. The molecule has 0 atom stereocenters. The van der Waals surface area contributed by atoms with E-state index in [1.807, 2.05) is 13.0 Å². The molecule has 20 heavy (non-hydrogen) atoms. The normalized spacial score (nSPS) is 22.1. The van der Waals surface area contributed by atoms with Gasteiger partial charge in [-0.25, -0.2) is 4.79 Å². The van der Waals surface area contributed by atoms with Crippen molar-refractivity contribution < 1.29 is 9.53 Å². The molecule has 0 bridgehead atoms. The minimum atomic E-state index is -0.208. The van der Waals surface area contributed by atoms with Crippen LogP contribution in [0.4, 0.5) is 0 Å². The van der Waals surface area contributed by atoms with E-state index in [9.17, 15) is 4.79 Å². The molecular weight excluding hydrogens is 248 g/mol. The molecule has 1 fully saturated rings. The Balaban J connectivity index is 2.37. The molecule has 3 aliphatic rings. The molecule has 3 rings (SSSR count). The Bertz CT molecular complexity index is 704. The summed E-state index contributed by atoms with van der Waals surface area (Å²) < 4.78 is 5.24. The van der Waals surface area contributed by atoms with Gasteiger partial charge in [-0.3, -0.25) is 0 Å². The van der Waals surface area contributed by atoms with Crippen LogP contribution in [0.5, 0.6) is 0 Å². The van der Waals surface area contributed by atoms with Gasteiger partial charge >= 0.3 is 5.97 Å². The Morgan fingerprint density at radius 3 is 2.40 bits per heavy atom. The smallest absolute Gasteiger partial charge is 0.338 e. The largest absolute Gasteiger partial charge is 0.457 e. The highest BCUT2D eigenvalue weighted by Crippen LogP contribution is 2.39. The third-order valence-corrected chi connectivity index (χ3v) is 3.92. The maximum atomic E-state index is 11.9. The van der Waals surface area contributed by atoms with Crippen molar-refractivity contribution in [2.24, 2.45) is 0 Å². The van der Waals surface area contributed by atoms with Crippen LogP contribution in [0.25, 0.3) is 0 Å². The highest BCUT2D eigenvalue weighted by atomic mass is 16.5. The van der Waals surface area contributed by atoms with Crippen LogP contribution in [0.3, 0.4) is 0 Å². The molecule has 0 spiro atoms. The van der Waals surface area contributed by atoms with Gasteiger partial charge in [0.15, 0.2) is 0 Å². The lowest BCUT2D eigenvalue weighted by atomic mass is 9.90. The third-order valence-electron chi connectivity index (χ3n) is 3.92. The number of carbonyl (C=O) groups excluding carboxylic acids is 1. The van der Waals surface area contributed by atoms with Crippen molar-refractivity contribution in [1.29, 1.82) is 0 Å². The molecule has 0 unspecified atom stereocenters. The Kier molecular flexibility index (Phi) is 2.89. The lowest BCUT2D eigenvalue weighted by molar-refractivity contribution is -0.134. The molecule has 2 nitrogen and oxygen atoms in total. The molecule has 2 aliphatic carbocycles. The quantitative estimate of drug-likeness (QED) is 0.621. The summed E-state index contributed by atoms with van der Waals surface area (Å²) in [6.07, 6.45) is 8.48. The van der Waals surface area contributed by atoms with Gasteiger partial charge in [0.25, 0.3) is 0 Å². The lowest BCUT2D eigenvalue weighted by Gasteiger charge is -2.12. The van der Waals surface area contributed by atoms with Crippen molar-refractivity contribution in [3.63, 3.8) is 0 Å². The minimum absolute atomic E-state index is 0.208. The molecule has 0 N–H and O–H groups in total. The van der Waals surface area contributed by atoms with E-state index in [2.05, 4.69) is 39.0 Å². The maximum absolute atomic E-state index is 11.9. The summed E-state index contributed by atoms with van der Waals surface area (Å²) in [5, 5.41) is 0. The molecule has 0 saturated carbocycles. The zero-order valence-corrected chi connectivity index (χ0v) is 12.3. The monoisotopic (exact) mass is 266 g/mol. The van der Waals surface area contributed by atoms with Gasteiger partial charge in [0.2, 0.25) is 0 Å². The van der Waals surface area contributed by atoms with Crippen LogP contribution in [0, 0.1) is 0 Å². The number of hydrogen-bond donors (Lipinski definition) is 0. The summed E-state index contributed by atoms with van der Waals surface area (Å²) in [6, 6.07) is 0. The van der Waals surface area contributed by atoms with Crippen LogP contribution < -0.4 is 0 Å². The second-order valence-corrected chi connectivity index (χ2v) is 5.69. The average Bonchev–Trinajstić information content (AvgIpc) is 2.57. The molecule has 102 valence electrons. The van der Waals surface area contributed by atoms with Crippen molar-refractivity contribution in [2.75, 3.05) is 6.61 Å². The molecule has 0 amide bonds. The first-order chi connectivity index (χ1) is 9.47. The molecular formula is C18H18O2. The predicted molar refractivity (Wildman–Crippen MR) is 80.0 cm³/mol. The molecule has 1 heterocycles. The van der Waals surface area contributed by atoms with Gasteiger partial charge in [-0.05, 0) is 61.6 Å². The van der Waals surface area contributed by atoms with Crippen molar-refractivity contribution in [3.8, 4) is 0 Å². The van der Waals surface area contributed by atoms with E-state index < -0.39 is 0 Å². The topological polar surface area (TPSA) is 26.3 Å². The van der Waals surface area contributed by atoms with E-state index >= 15 is 0 Å². The summed E-state index contributed by atoms with van der Waals surface area (Å²) in [5.41, 5.74) is 8.83. The van der Waals surface area contributed by atoms with E-state index in [4.69, 9.17) is 4.74 Å². The van der Waals surface area contributed by atoms with Crippen LogP contribution >= 0.6 is 0 Å². The number of carbonyl (C=O) groups is 1. The number of allylic oxidation sites excluding steroid dienone is 10. The van der Waals surface area contributed by atoms with Crippen LogP contribution in [-0.4, -0.2) is 12.6 Å². The van der Waals surface area contributed by atoms with E-state index in [1.165, 1.54) is 22.3 Å². The summed E-state index contributed by atoms with van der Waals surface area (Å²) >= 11 is 0. The number of hydrogen-bond acceptors (Lipinski definition) is 2. The van der Waals surface area contributed by atoms with Crippen molar-refractivity contribution in [2.45, 2.75) is 27.7 Å². The van der Waals surface area contributed by atoms with E-state index in [0.717, 1.165) is 16.7 Å². The van der Waals surface area contributed by atoms with E-state index in [1.54, 1.807) is 0 Å². The average molecular weight is 266 g/mol. The molecule has 0 aromatic rings. The van der Waals surface area contributed by atoms with Gasteiger partial charge in [0.1, 0.15) is 6.61 Å². The molecule has 1 aliphatic heterocycles. The molecule has 0 radical (unpaired) electrons. The first-order valence-electron chi connectivity index (χ1n) is 6.86. The Morgan fingerprint density at radius 1 is 0.950 bits per heavy atom. The van der Waals surface area contributed by atoms with Crippen LogP contribution in [0.1, 0.15) is 27.7 Å². The van der Waals surface area contributed by atoms with Crippen LogP contribution in [0.2, 0.25) is 0 Å². The third kappa shape index (κ3) is 1.92. The number of rotatable bonds is 0.